The van der Waals surface area contributed by atoms with Crippen molar-refractivity contribution >= 4 is 10.8 Å². The van der Waals surface area contributed by atoms with E-state index in [0.717, 1.165) is 12.8 Å². The second-order valence-corrected chi connectivity index (χ2v) is 7.59. The summed E-state index contributed by atoms with van der Waals surface area (Å²) in [6, 6.07) is 6.75. The third kappa shape index (κ3) is 2.69. The largest absolute Gasteiger partial charge is 0.321 e. The fourth-order valence-electron chi connectivity index (χ4n) is 3.56. The Morgan fingerprint density at radius 1 is 1.05 bits per heavy atom. The number of hydrogen-bond donors (Lipinski definition) is 1. The molecular weight excluding hydrogens is 256 g/mol. The molecule has 1 aromatic heterocycles. The number of pyridine rings is 1. The number of hydrogen-bond acceptors (Lipinski definition) is 2. The van der Waals surface area contributed by atoms with Crippen LogP contribution in [0.25, 0.3) is 10.8 Å². The normalized spacial score (nSPS) is 18.9. The van der Waals surface area contributed by atoms with Gasteiger partial charge in [0.15, 0.2) is 0 Å². The monoisotopic (exact) mass is 282 g/mol. The Bertz CT molecular complexity index is 646. The molecule has 1 aromatic carbocycles. The van der Waals surface area contributed by atoms with Crippen LogP contribution in [0.3, 0.4) is 0 Å². The molecule has 1 saturated carbocycles. The average molecular weight is 282 g/mol. The highest BCUT2D eigenvalue weighted by Gasteiger charge is 2.29. The van der Waals surface area contributed by atoms with Crippen molar-refractivity contribution in [3.8, 4) is 0 Å². The third-order valence-electron chi connectivity index (χ3n) is 4.89. The third-order valence-corrected chi connectivity index (χ3v) is 4.89. The zero-order valence-corrected chi connectivity index (χ0v) is 13.4. The molecule has 2 aromatic rings. The van der Waals surface area contributed by atoms with Crippen molar-refractivity contribution in [1.82, 2.24) is 4.98 Å². The number of rotatable bonds is 1. The van der Waals surface area contributed by atoms with Crippen LogP contribution in [0.2, 0.25) is 0 Å². The lowest BCUT2D eigenvalue weighted by molar-refractivity contribution is 0.302. The number of nitrogens with zero attached hydrogens (tertiary/aromatic N) is 1. The van der Waals surface area contributed by atoms with Gasteiger partial charge < -0.3 is 5.73 Å². The van der Waals surface area contributed by atoms with Gasteiger partial charge in [-0.15, -0.1) is 0 Å². The fraction of sp³-hybridized carbons (Fsp3) is 0.526. The molecule has 21 heavy (non-hydrogen) atoms. The van der Waals surface area contributed by atoms with Gasteiger partial charge in [0.25, 0.3) is 0 Å². The van der Waals surface area contributed by atoms with Gasteiger partial charge >= 0.3 is 0 Å². The molecule has 0 bridgehead atoms. The number of aromatic nitrogens is 1. The first-order chi connectivity index (χ1) is 9.90. The first kappa shape index (κ1) is 14.5. The molecule has 0 spiro atoms. The van der Waals surface area contributed by atoms with Gasteiger partial charge in [-0.05, 0) is 40.8 Å². The minimum Gasteiger partial charge on any atom is -0.321 e. The SMILES string of the molecule is CC(C)(C)c1cncc2cc(C3(N)CCCCC3)ccc12. The maximum atomic E-state index is 6.67. The molecular formula is C19H26N2. The molecule has 0 aliphatic heterocycles. The Labute approximate surface area is 127 Å². The number of fused-ring (bicyclic) bond motifs is 1. The second kappa shape index (κ2) is 5.10. The van der Waals surface area contributed by atoms with E-state index >= 15 is 0 Å². The molecule has 1 aliphatic carbocycles. The molecule has 0 atom stereocenters. The maximum absolute atomic E-state index is 6.67. The van der Waals surface area contributed by atoms with Gasteiger partial charge in [-0.1, -0.05) is 52.2 Å². The first-order valence-electron chi connectivity index (χ1n) is 8.08. The van der Waals surface area contributed by atoms with Gasteiger partial charge in [0.05, 0.1) is 0 Å². The highest BCUT2D eigenvalue weighted by molar-refractivity contribution is 5.86. The molecule has 112 valence electrons. The molecule has 2 nitrogen and oxygen atoms in total. The molecule has 2 heteroatoms. The van der Waals surface area contributed by atoms with Crippen molar-refractivity contribution in [2.24, 2.45) is 5.73 Å². The van der Waals surface area contributed by atoms with E-state index in [1.165, 1.54) is 41.2 Å². The van der Waals surface area contributed by atoms with Crippen LogP contribution in [-0.4, -0.2) is 4.98 Å². The molecule has 0 unspecified atom stereocenters. The van der Waals surface area contributed by atoms with Gasteiger partial charge in [0.2, 0.25) is 0 Å². The van der Waals surface area contributed by atoms with Crippen molar-refractivity contribution in [2.75, 3.05) is 0 Å². The average Bonchev–Trinajstić information content (AvgIpc) is 2.46. The zero-order valence-electron chi connectivity index (χ0n) is 13.4. The van der Waals surface area contributed by atoms with Crippen LogP contribution in [0.4, 0.5) is 0 Å². The summed E-state index contributed by atoms with van der Waals surface area (Å²) in [5.74, 6) is 0. The predicted molar refractivity (Wildman–Crippen MR) is 89.4 cm³/mol. The highest BCUT2D eigenvalue weighted by atomic mass is 14.7. The van der Waals surface area contributed by atoms with E-state index in [9.17, 15) is 0 Å². The van der Waals surface area contributed by atoms with E-state index in [2.05, 4.69) is 44.0 Å². The molecule has 1 fully saturated rings. The molecule has 0 amide bonds. The van der Waals surface area contributed by atoms with Gasteiger partial charge in [-0.25, -0.2) is 0 Å². The second-order valence-electron chi connectivity index (χ2n) is 7.59. The lowest BCUT2D eigenvalue weighted by atomic mass is 9.76. The molecule has 3 rings (SSSR count). The first-order valence-corrected chi connectivity index (χ1v) is 8.08. The van der Waals surface area contributed by atoms with Gasteiger partial charge in [0.1, 0.15) is 0 Å². The van der Waals surface area contributed by atoms with Gasteiger partial charge in [-0.2, -0.15) is 0 Å². The fourth-order valence-corrected chi connectivity index (χ4v) is 3.56. The summed E-state index contributed by atoms with van der Waals surface area (Å²) in [4.78, 5) is 4.45. The summed E-state index contributed by atoms with van der Waals surface area (Å²) in [5.41, 5.74) is 9.24. The maximum Gasteiger partial charge on any atom is 0.0409 e. The minimum absolute atomic E-state index is 0.110. The summed E-state index contributed by atoms with van der Waals surface area (Å²) in [6.07, 6.45) is 9.99. The Hall–Kier alpha value is -1.41. The van der Waals surface area contributed by atoms with Crippen molar-refractivity contribution < 1.29 is 0 Å². The van der Waals surface area contributed by atoms with Gasteiger partial charge in [0, 0.05) is 23.3 Å². The molecule has 1 heterocycles. The number of nitrogens with two attached hydrogens (primary N) is 1. The quantitative estimate of drug-likeness (QED) is 0.827. The molecule has 2 N–H and O–H groups in total. The highest BCUT2D eigenvalue weighted by Crippen LogP contribution is 2.37. The van der Waals surface area contributed by atoms with E-state index in [-0.39, 0.29) is 11.0 Å². The summed E-state index contributed by atoms with van der Waals surface area (Å²) in [6.45, 7) is 6.72. The van der Waals surface area contributed by atoms with E-state index in [1.807, 2.05) is 12.4 Å². The van der Waals surface area contributed by atoms with E-state index in [4.69, 9.17) is 5.73 Å². The van der Waals surface area contributed by atoms with Crippen LogP contribution in [0.1, 0.15) is 64.0 Å². The van der Waals surface area contributed by atoms with Crippen LogP contribution in [0.5, 0.6) is 0 Å². The lowest BCUT2D eigenvalue weighted by Gasteiger charge is -2.34. The minimum atomic E-state index is -0.135. The van der Waals surface area contributed by atoms with Crippen molar-refractivity contribution in [2.45, 2.75) is 63.8 Å². The Morgan fingerprint density at radius 2 is 1.76 bits per heavy atom. The van der Waals surface area contributed by atoms with Crippen molar-refractivity contribution in [1.29, 1.82) is 0 Å². The standard InChI is InChI=1S/C19H26N2/c1-18(2,3)17-13-21-12-14-11-15(7-8-16(14)17)19(20)9-5-4-6-10-19/h7-8,11-13H,4-6,9-10,20H2,1-3H3. The Kier molecular flexibility index (Phi) is 3.53. The van der Waals surface area contributed by atoms with E-state index in [0.29, 0.717) is 0 Å². The summed E-state index contributed by atoms with van der Waals surface area (Å²) in [7, 11) is 0. The topological polar surface area (TPSA) is 38.9 Å². The smallest absolute Gasteiger partial charge is 0.0409 e. The Balaban J connectivity index is 2.09. The predicted octanol–water partition coefficient (Wildman–Crippen LogP) is 4.65. The summed E-state index contributed by atoms with van der Waals surface area (Å²) < 4.78 is 0. The Morgan fingerprint density at radius 3 is 2.43 bits per heavy atom. The lowest BCUT2D eigenvalue weighted by Crippen LogP contribution is -2.38. The van der Waals surface area contributed by atoms with Crippen LogP contribution in [0, 0.1) is 0 Å². The van der Waals surface area contributed by atoms with E-state index in [1.54, 1.807) is 0 Å². The zero-order chi connectivity index (χ0) is 15.1. The van der Waals surface area contributed by atoms with Crippen LogP contribution in [-0.2, 0) is 11.0 Å². The van der Waals surface area contributed by atoms with Crippen LogP contribution < -0.4 is 5.73 Å². The molecule has 1 aliphatic rings. The van der Waals surface area contributed by atoms with Crippen LogP contribution in [0.15, 0.2) is 30.6 Å². The van der Waals surface area contributed by atoms with Crippen molar-refractivity contribution in [3.63, 3.8) is 0 Å². The summed E-state index contributed by atoms with van der Waals surface area (Å²) >= 11 is 0. The summed E-state index contributed by atoms with van der Waals surface area (Å²) in [5, 5.41) is 2.52. The van der Waals surface area contributed by atoms with Crippen LogP contribution >= 0.6 is 0 Å². The molecule has 0 radical (unpaired) electrons. The molecule has 0 saturated heterocycles. The van der Waals surface area contributed by atoms with Gasteiger partial charge in [-0.3, -0.25) is 4.98 Å². The number of benzene rings is 1. The van der Waals surface area contributed by atoms with Crippen molar-refractivity contribution in [3.05, 3.63) is 41.7 Å². The van der Waals surface area contributed by atoms with E-state index < -0.39 is 0 Å².